The summed E-state index contributed by atoms with van der Waals surface area (Å²) in [6, 6.07) is 6.13. The van der Waals surface area contributed by atoms with Crippen molar-refractivity contribution in [2.45, 2.75) is 20.0 Å². The molecule has 0 radical (unpaired) electrons. The van der Waals surface area contributed by atoms with E-state index in [0.717, 1.165) is 5.56 Å². The fraction of sp³-hybridized carbons (Fsp3) is 0.231. The van der Waals surface area contributed by atoms with Crippen LogP contribution in [0.15, 0.2) is 36.9 Å². The second-order valence-corrected chi connectivity index (χ2v) is 4.04. The molecule has 2 aromatic rings. The van der Waals surface area contributed by atoms with Gasteiger partial charge in [0.05, 0.1) is 12.3 Å². The summed E-state index contributed by atoms with van der Waals surface area (Å²) in [5.41, 5.74) is 0.792. The van der Waals surface area contributed by atoms with Crippen molar-refractivity contribution in [1.82, 2.24) is 14.8 Å². The zero-order valence-corrected chi connectivity index (χ0v) is 10.2. The second-order valence-electron chi connectivity index (χ2n) is 4.04. The number of benzene rings is 1. The lowest BCUT2D eigenvalue weighted by atomic mass is 10.2. The molecule has 0 unspecified atom stereocenters. The van der Waals surface area contributed by atoms with Crippen LogP contribution >= 0.6 is 0 Å². The lowest BCUT2D eigenvalue weighted by Gasteiger charge is -2.13. The lowest BCUT2D eigenvalue weighted by Crippen LogP contribution is -2.03. The monoisotopic (exact) mass is 247 g/mol. The van der Waals surface area contributed by atoms with Crippen LogP contribution in [0.5, 0.6) is 0 Å². The minimum absolute atomic E-state index is 0.0184. The maximum absolute atomic E-state index is 12.9. The Morgan fingerprint density at radius 2 is 2.06 bits per heavy atom. The lowest BCUT2D eigenvalue weighted by molar-refractivity contribution is 0.205. The average Bonchev–Trinajstić information content (AvgIpc) is 2.81. The predicted octanol–water partition coefficient (Wildman–Crippen LogP) is 2.80. The number of aromatic nitrogens is 3. The van der Waals surface area contributed by atoms with Gasteiger partial charge in [0.25, 0.3) is 0 Å². The molecule has 1 heterocycles. The van der Waals surface area contributed by atoms with E-state index in [9.17, 15) is 4.39 Å². The molecule has 2 rings (SSSR count). The quantitative estimate of drug-likeness (QED) is 0.780. The number of hydrogen-bond acceptors (Lipinski definition) is 3. The summed E-state index contributed by atoms with van der Waals surface area (Å²) < 4.78 is 20.1. The first kappa shape index (κ1) is 12.3. The first-order valence-electron chi connectivity index (χ1n) is 5.63. The van der Waals surface area contributed by atoms with Gasteiger partial charge < -0.3 is 4.74 Å². The number of hydrogen-bond donors (Lipinski definition) is 0. The normalized spacial score (nSPS) is 11.9. The standard InChI is InChI=1S/C13H14FN3O/c1-10(2)18-13(7-17-9-15-8-16-17)11-3-5-12(14)6-4-11/h3-10H,1-2H3. The van der Waals surface area contributed by atoms with Gasteiger partial charge >= 0.3 is 0 Å². The van der Waals surface area contributed by atoms with Crippen LogP contribution in [0.2, 0.25) is 0 Å². The van der Waals surface area contributed by atoms with Crippen molar-refractivity contribution in [3.63, 3.8) is 0 Å². The van der Waals surface area contributed by atoms with Crippen molar-refractivity contribution in [3.05, 3.63) is 48.3 Å². The van der Waals surface area contributed by atoms with Gasteiger partial charge in [0.15, 0.2) is 0 Å². The molecule has 1 aromatic heterocycles. The molecule has 0 fully saturated rings. The molecular formula is C13H14FN3O. The zero-order valence-electron chi connectivity index (χ0n) is 10.2. The molecule has 0 saturated carbocycles. The maximum atomic E-state index is 12.9. The van der Waals surface area contributed by atoms with E-state index in [4.69, 9.17) is 4.74 Å². The number of nitrogens with zero attached hydrogens (tertiary/aromatic N) is 3. The van der Waals surface area contributed by atoms with E-state index in [1.165, 1.54) is 18.5 Å². The van der Waals surface area contributed by atoms with Crippen LogP contribution in [-0.2, 0) is 4.74 Å². The Hall–Kier alpha value is -2.17. The van der Waals surface area contributed by atoms with Crippen LogP contribution in [0.25, 0.3) is 12.0 Å². The first-order valence-corrected chi connectivity index (χ1v) is 5.63. The SMILES string of the molecule is CC(C)OC(=Cn1cncn1)c1ccc(F)cc1. The molecule has 0 amide bonds. The Morgan fingerprint density at radius 1 is 1.33 bits per heavy atom. The Morgan fingerprint density at radius 3 is 2.61 bits per heavy atom. The minimum Gasteiger partial charge on any atom is -0.489 e. The fourth-order valence-electron chi connectivity index (χ4n) is 1.45. The smallest absolute Gasteiger partial charge is 0.145 e. The average molecular weight is 247 g/mol. The van der Waals surface area contributed by atoms with Crippen molar-refractivity contribution in [2.75, 3.05) is 0 Å². The molecule has 0 atom stereocenters. The Kier molecular flexibility index (Phi) is 3.72. The molecule has 4 nitrogen and oxygen atoms in total. The zero-order chi connectivity index (χ0) is 13.0. The third-order valence-corrected chi connectivity index (χ3v) is 2.18. The van der Waals surface area contributed by atoms with Crippen LogP contribution in [0.3, 0.4) is 0 Å². The molecule has 0 bridgehead atoms. The minimum atomic E-state index is -0.275. The second kappa shape index (κ2) is 5.44. The maximum Gasteiger partial charge on any atom is 0.145 e. The molecule has 0 saturated heterocycles. The van der Waals surface area contributed by atoms with Crippen molar-refractivity contribution >= 4 is 12.0 Å². The predicted molar refractivity (Wildman–Crippen MR) is 66.8 cm³/mol. The topological polar surface area (TPSA) is 39.9 Å². The van der Waals surface area contributed by atoms with Gasteiger partial charge in [-0.2, -0.15) is 5.10 Å². The number of ether oxygens (including phenoxy) is 1. The third kappa shape index (κ3) is 3.16. The highest BCUT2D eigenvalue weighted by Gasteiger charge is 2.06. The largest absolute Gasteiger partial charge is 0.489 e. The van der Waals surface area contributed by atoms with E-state index in [-0.39, 0.29) is 11.9 Å². The first-order chi connectivity index (χ1) is 8.65. The molecule has 0 aliphatic heterocycles. The summed E-state index contributed by atoms with van der Waals surface area (Å²) in [5.74, 6) is 0.346. The van der Waals surface area contributed by atoms with Crippen LogP contribution in [0.1, 0.15) is 19.4 Å². The highest BCUT2D eigenvalue weighted by atomic mass is 19.1. The molecular weight excluding hydrogens is 233 g/mol. The van der Waals surface area contributed by atoms with E-state index < -0.39 is 0 Å². The molecule has 0 N–H and O–H groups in total. The van der Waals surface area contributed by atoms with Crippen molar-refractivity contribution in [1.29, 1.82) is 0 Å². The highest BCUT2D eigenvalue weighted by molar-refractivity contribution is 5.69. The summed E-state index contributed by atoms with van der Waals surface area (Å²) in [5, 5.41) is 3.98. The molecule has 0 spiro atoms. The molecule has 5 heteroatoms. The molecule has 1 aromatic carbocycles. The summed E-state index contributed by atoms with van der Waals surface area (Å²) >= 11 is 0. The van der Waals surface area contributed by atoms with Gasteiger partial charge in [0.2, 0.25) is 0 Å². The van der Waals surface area contributed by atoms with Crippen LogP contribution < -0.4 is 0 Å². The Bertz CT molecular complexity index is 518. The van der Waals surface area contributed by atoms with Gasteiger partial charge in [-0.3, -0.25) is 0 Å². The Labute approximate surface area is 105 Å². The molecule has 94 valence electrons. The summed E-state index contributed by atoms with van der Waals surface area (Å²) in [6.07, 6.45) is 4.73. The Balaban J connectivity index is 2.33. The van der Waals surface area contributed by atoms with E-state index in [0.29, 0.717) is 5.76 Å². The third-order valence-electron chi connectivity index (χ3n) is 2.18. The van der Waals surface area contributed by atoms with Crippen LogP contribution in [0.4, 0.5) is 4.39 Å². The van der Waals surface area contributed by atoms with Crippen LogP contribution in [-0.4, -0.2) is 20.9 Å². The fourth-order valence-corrected chi connectivity index (χ4v) is 1.45. The van der Waals surface area contributed by atoms with Gasteiger partial charge in [0, 0.05) is 5.56 Å². The van der Waals surface area contributed by atoms with Crippen LogP contribution in [0, 0.1) is 5.82 Å². The van der Waals surface area contributed by atoms with E-state index in [2.05, 4.69) is 10.1 Å². The number of halogens is 1. The van der Waals surface area contributed by atoms with Gasteiger partial charge in [-0.1, -0.05) is 0 Å². The summed E-state index contributed by atoms with van der Waals surface area (Å²) in [7, 11) is 0. The molecule has 0 aliphatic carbocycles. The van der Waals surface area contributed by atoms with Gasteiger partial charge in [0.1, 0.15) is 24.2 Å². The summed E-state index contributed by atoms with van der Waals surface area (Å²) in [6.45, 7) is 3.86. The van der Waals surface area contributed by atoms with E-state index in [1.54, 1.807) is 29.3 Å². The molecule has 0 aliphatic rings. The van der Waals surface area contributed by atoms with E-state index in [1.807, 2.05) is 13.8 Å². The number of rotatable bonds is 4. The van der Waals surface area contributed by atoms with Crippen molar-refractivity contribution in [2.24, 2.45) is 0 Å². The van der Waals surface area contributed by atoms with E-state index >= 15 is 0 Å². The van der Waals surface area contributed by atoms with Gasteiger partial charge in [-0.25, -0.2) is 14.1 Å². The van der Waals surface area contributed by atoms with Crippen molar-refractivity contribution < 1.29 is 9.13 Å². The van der Waals surface area contributed by atoms with Gasteiger partial charge in [-0.05, 0) is 38.1 Å². The molecule has 18 heavy (non-hydrogen) atoms. The van der Waals surface area contributed by atoms with Gasteiger partial charge in [-0.15, -0.1) is 0 Å². The highest BCUT2D eigenvalue weighted by Crippen LogP contribution is 2.19. The summed E-state index contributed by atoms with van der Waals surface area (Å²) in [4.78, 5) is 3.85. The van der Waals surface area contributed by atoms with Crippen molar-refractivity contribution in [3.8, 4) is 0 Å².